The molecule has 3 aromatic rings. The van der Waals surface area contributed by atoms with Crippen LogP contribution < -0.4 is 10.1 Å². The number of carbonyl (C=O) groups excluding carboxylic acids is 1. The van der Waals surface area contributed by atoms with Gasteiger partial charge < -0.3 is 10.1 Å². The van der Waals surface area contributed by atoms with E-state index in [2.05, 4.69) is 15.4 Å². The van der Waals surface area contributed by atoms with Crippen molar-refractivity contribution in [1.82, 2.24) is 14.8 Å². The van der Waals surface area contributed by atoms with Gasteiger partial charge in [-0.15, -0.1) is 11.3 Å². The highest BCUT2D eigenvalue weighted by Gasteiger charge is 2.11. The van der Waals surface area contributed by atoms with E-state index in [0.717, 1.165) is 0 Å². The zero-order valence-electron chi connectivity index (χ0n) is 12.2. The number of thiazole rings is 1. The molecule has 0 unspecified atom stereocenters. The van der Waals surface area contributed by atoms with E-state index < -0.39 is 5.82 Å². The highest BCUT2D eigenvalue weighted by molar-refractivity contribution is 7.14. The van der Waals surface area contributed by atoms with Gasteiger partial charge in [-0.05, 0) is 24.3 Å². The van der Waals surface area contributed by atoms with E-state index >= 15 is 0 Å². The van der Waals surface area contributed by atoms with Gasteiger partial charge in [0.15, 0.2) is 16.7 Å². The lowest BCUT2D eigenvalue weighted by Crippen LogP contribution is -2.18. The van der Waals surface area contributed by atoms with E-state index in [1.54, 1.807) is 36.0 Å². The van der Waals surface area contributed by atoms with Crippen LogP contribution in [0, 0.1) is 5.82 Å². The fourth-order valence-corrected chi connectivity index (χ4v) is 2.73. The number of hydrogen-bond donors (Lipinski definition) is 1. The van der Waals surface area contributed by atoms with Gasteiger partial charge in [-0.3, -0.25) is 9.48 Å². The molecule has 2 aromatic heterocycles. The molecular formula is C15H13FN4O2S. The number of benzene rings is 1. The van der Waals surface area contributed by atoms with Crippen LogP contribution in [-0.4, -0.2) is 27.8 Å². The van der Waals surface area contributed by atoms with Crippen molar-refractivity contribution < 1.29 is 13.9 Å². The number of ether oxygens (including phenoxy) is 1. The number of nitrogens with one attached hydrogen (secondary N) is 1. The number of anilines is 1. The molecule has 0 saturated carbocycles. The van der Waals surface area contributed by atoms with Crippen molar-refractivity contribution >= 4 is 22.4 Å². The maximum atomic E-state index is 13.7. The first-order chi connectivity index (χ1) is 11.2. The molecule has 0 aliphatic heterocycles. The summed E-state index contributed by atoms with van der Waals surface area (Å²) in [6.45, 7) is 0.110. The Morgan fingerprint density at radius 2 is 2.35 bits per heavy atom. The van der Waals surface area contributed by atoms with Crippen LogP contribution in [0.3, 0.4) is 0 Å². The second kappa shape index (κ2) is 6.57. The molecule has 2 heterocycles. The van der Waals surface area contributed by atoms with Gasteiger partial charge in [0.05, 0.1) is 12.8 Å². The number of methoxy groups -OCH3 is 1. The lowest BCUT2D eigenvalue weighted by Gasteiger charge is -2.03. The van der Waals surface area contributed by atoms with Crippen LogP contribution in [-0.2, 0) is 11.3 Å². The number of hydrogen-bond acceptors (Lipinski definition) is 5. The molecule has 0 radical (unpaired) electrons. The Hall–Kier alpha value is -2.74. The van der Waals surface area contributed by atoms with Crippen molar-refractivity contribution in [3.05, 3.63) is 47.9 Å². The van der Waals surface area contributed by atoms with Crippen LogP contribution in [0.2, 0.25) is 0 Å². The molecule has 3 rings (SSSR count). The smallest absolute Gasteiger partial charge is 0.247 e. The van der Waals surface area contributed by atoms with Crippen molar-refractivity contribution in [2.45, 2.75) is 6.54 Å². The van der Waals surface area contributed by atoms with Gasteiger partial charge in [-0.1, -0.05) is 0 Å². The first-order valence-corrected chi connectivity index (χ1v) is 7.60. The second-order valence-electron chi connectivity index (χ2n) is 4.64. The Bertz CT molecular complexity index is 817. The van der Waals surface area contributed by atoms with Crippen LogP contribution in [0.15, 0.2) is 42.0 Å². The first-order valence-electron chi connectivity index (χ1n) is 6.72. The summed E-state index contributed by atoms with van der Waals surface area (Å²) in [6.07, 6.45) is 3.31. The third-order valence-corrected chi connectivity index (χ3v) is 3.82. The molecule has 23 heavy (non-hydrogen) atoms. The van der Waals surface area contributed by atoms with Crippen molar-refractivity contribution in [2.75, 3.05) is 12.4 Å². The summed E-state index contributed by atoms with van der Waals surface area (Å²) >= 11 is 1.27. The average Bonchev–Trinajstić information content (AvgIpc) is 3.19. The van der Waals surface area contributed by atoms with Crippen LogP contribution in [0.1, 0.15) is 0 Å². The van der Waals surface area contributed by atoms with E-state index in [-0.39, 0.29) is 18.2 Å². The number of rotatable bonds is 5. The van der Waals surface area contributed by atoms with Gasteiger partial charge in [0.1, 0.15) is 6.54 Å². The SMILES string of the molecule is COc1ccc(-c2csc(NC(=O)Cn3cccn3)n2)cc1F. The summed E-state index contributed by atoms with van der Waals surface area (Å²) in [6, 6.07) is 6.35. The summed E-state index contributed by atoms with van der Waals surface area (Å²) < 4.78 is 20.1. The Balaban J connectivity index is 1.70. The predicted molar refractivity (Wildman–Crippen MR) is 84.9 cm³/mol. The molecule has 0 saturated heterocycles. The lowest BCUT2D eigenvalue weighted by atomic mass is 10.1. The van der Waals surface area contributed by atoms with Crippen LogP contribution in [0.5, 0.6) is 5.75 Å². The molecule has 0 spiro atoms. The van der Waals surface area contributed by atoms with E-state index in [4.69, 9.17) is 4.74 Å². The van der Waals surface area contributed by atoms with Crippen molar-refractivity contribution in [2.24, 2.45) is 0 Å². The molecule has 8 heteroatoms. The van der Waals surface area contributed by atoms with Gasteiger partial charge in [-0.2, -0.15) is 5.10 Å². The molecular weight excluding hydrogens is 319 g/mol. The topological polar surface area (TPSA) is 69.0 Å². The van der Waals surface area contributed by atoms with Crippen LogP contribution in [0.4, 0.5) is 9.52 Å². The minimum atomic E-state index is -0.456. The quantitative estimate of drug-likeness (QED) is 0.780. The van der Waals surface area contributed by atoms with E-state index in [1.807, 2.05) is 0 Å². The van der Waals surface area contributed by atoms with Gasteiger partial charge >= 0.3 is 0 Å². The molecule has 0 aliphatic carbocycles. The minimum absolute atomic E-state index is 0.110. The average molecular weight is 332 g/mol. The number of nitrogens with zero attached hydrogens (tertiary/aromatic N) is 3. The van der Waals surface area contributed by atoms with Gasteiger partial charge in [0, 0.05) is 23.3 Å². The predicted octanol–water partition coefficient (Wildman–Crippen LogP) is 2.79. The van der Waals surface area contributed by atoms with E-state index in [9.17, 15) is 9.18 Å². The monoisotopic (exact) mass is 332 g/mol. The highest BCUT2D eigenvalue weighted by atomic mass is 32.1. The van der Waals surface area contributed by atoms with Gasteiger partial charge in [-0.25, -0.2) is 9.37 Å². The molecule has 0 atom stereocenters. The fourth-order valence-electron chi connectivity index (χ4n) is 1.99. The molecule has 118 valence electrons. The number of carbonyl (C=O) groups is 1. The summed E-state index contributed by atoms with van der Waals surface area (Å²) in [5, 5.41) is 8.87. The summed E-state index contributed by atoms with van der Waals surface area (Å²) in [4.78, 5) is 16.2. The molecule has 6 nitrogen and oxygen atoms in total. The van der Waals surface area contributed by atoms with Crippen LogP contribution >= 0.6 is 11.3 Å². The zero-order chi connectivity index (χ0) is 16.2. The third kappa shape index (κ3) is 3.54. The maximum Gasteiger partial charge on any atom is 0.247 e. The van der Waals surface area contributed by atoms with Gasteiger partial charge in [0.25, 0.3) is 0 Å². The van der Waals surface area contributed by atoms with E-state index in [1.165, 1.54) is 29.2 Å². The Labute approximate surface area is 135 Å². The molecule has 1 N–H and O–H groups in total. The van der Waals surface area contributed by atoms with Crippen molar-refractivity contribution in [3.63, 3.8) is 0 Å². The maximum absolute atomic E-state index is 13.7. The Morgan fingerprint density at radius 3 is 3.04 bits per heavy atom. The third-order valence-electron chi connectivity index (χ3n) is 3.06. The van der Waals surface area contributed by atoms with Crippen molar-refractivity contribution in [1.29, 1.82) is 0 Å². The molecule has 0 aliphatic rings. The normalized spacial score (nSPS) is 10.5. The summed E-state index contributed by atoms with van der Waals surface area (Å²) in [5.74, 6) is -0.505. The van der Waals surface area contributed by atoms with E-state index in [0.29, 0.717) is 16.4 Å². The minimum Gasteiger partial charge on any atom is -0.494 e. The lowest BCUT2D eigenvalue weighted by molar-refractivity contribution is -0.116. The summed E-state index contributed by atoms with van der Waals surface area (Å²) in [7, 11) is 1.41. The molecule has 0 fully saturated rings. The molecule has 1 amide bonds. The zero-order valence-corrected chi connectivity index (χ0v) is 13.0. The first kappa shape index (κ1) is 15.2. The van der Waals surface area contributed by atoms with Crippen molar-refractivity contribution in [3.8, 4) is 17.0 Å². The number of halogens is 1. The summed E-state index contributed by atoms with van der Waals surface area (Å²) in [5.41, 5.74) is 1.21. The Morgan fingerprint density at radius 1 is 1.48 bits per heavy atom. The number of amides is 1. The standard InChI is InChI=1S/C15H13FN4O2S/c1-22-13-4-3-10(7-11(13)16)12-9-23-15(18-12)19-14(21)8-20-6-2-5-17-20/h2-7,9H,8H2,1H3,(H,18,19,21). The highest BCUT2D eigenvalue weighted by Crippen LogP contribution is 2.28. The fraction of sp³-hybridized carbons (Fsp3) is 0.133. The molecule has 0 bridgehead atoms. The largest absolute Gasteiger partial charge is 0.494 e. The Kier molecular flexibility index (Phi) is 4.33. The second-order valence-corrected chi connectivity index (χ2v) is 5.50. The van der Waals surface area contributed by atoms with Crippen LogP contribution in [0.25, 0.3) is 11.3 Å². The number of aromatic nitrogens is 3. The molecule has 1 aromatic carbocycles. The van der Waals surface area contributed by atoms with Gasteiger partial charge in [0.2, 0.25) is 5.91 Å².